The van der Waals surface area contributed by atoms with Crippen molar-refractivity contribution < 1.29 is 36.6 Å². The predicted octanol–water partition coefficient (Wildman–Crippen LogP) is 11.3. The van der Waals surface area contributed by atoms with Crippen molar-refractivity contribution in [2.45, 2.75) is 76.5 Å². The van der Waals surface area contributed by atoms with Crippen molar-refractivity contribution in [3.05, 3.63) is 190 Å². The summed E-state index contributed by atoms with van der Waals surface area (Å²) in [6.45, 7) is 15.6. The fourth-order valence-electron chi connectivity index (χ4n) is 11.1. The van der Waals surface area contributed by atoms with Crippen LogP contribution in [-0.4, -0.2) is 54.3 Å². The van der Waals surface area contributed by atoms with Crippen LogP contribution in [0.15, 0.2) is 145 Å². The normalized spacial score (nSPS) is 22.8. The van der Waals surface area contributed by atoms with E-state index in [0.717, 1.165) is 56.9 Å². The maximum absolute atomic E-state index is 6.82. The molecule has 4 atom stereocenters. The van der Waals surface area contributed by atoms with Crippen LogP contribution >= 0.6 is 0 Å². The summed E-state index contributed by atoms with van der Waals surface area (Å²) in [5.41, 5.74) is 16.7. The first kappa shape index (κ1) is 39.8. The zero-order valence-electron chi connectivity index (χ0n) is 38.4. The van der Waals surface area contributed by atoms with E-state index in [0.29, 0.717) is 26.4 Å². The number of fused-ring (bicyclic) bond motifs is 8. The minimum atomic E-state index is -0.877. The average molecular weight is 1060 g/mol. The number of hydrogen-bond donors (Lipinski definition) is 0. The van der Waals surface area contributed by atoms with Gasteiger partial charge in [0, 0.05) is 0 Å². The van der Waals surface area contributed by atoms with Gasteiger partial charge in [0.25, 0.3) is 0 Å². The Balaban J connectivity index is 0.935. The van der Waals surface area contributed by atoms with Crippen molar-refractivity contribution in [1.82, 2.24) is 19.6 Å². The third kappa shape index (κ3) is 5.87. The summed E-state index contributed by atoms with van der Waals surface area (Å²) in [5, 5.41) is 0. The molecule has 8 heterocycles. The van der Waals surface area contributed by atoms with Crippen molar-refractivity contribution >= 4 is 8.29 Å². The molecule has 9 heteroatoms. The number of rotatable bonds is 4. The Labute approximate surface area is 400 Å². The summed E-state index contributed by atoms with van der Waals surface area (Å²) < 4.78 is 29.8. The molecule has 6 aromatic carbocycles. The van der Waals surface area contributed by atoms with Crippen molar-refractivity contribution in [3.63, 3.8) is 0 Å². The first-order valence-electron chi connectivity index (χ1n) is 23.5. The quantitative estimate of drug-likeness (QED) is 0.162. The van der Waals surface area contributed by atoms with Gasteiger partial charge in [-0.25, -0.2) is 0 Å². The zero-order chi connectivity index (χ0) is 45.1. The van der Waals surface area contributed by atoms with Crippen LogP contribution in [0.1, 0.15) is 99.1 Å². The number of nitrogens with zero attached hydrogens (tertiary/aromatic N) is 4. The van der Waals surface area contributed by atoms with Crippen LogP contribution in [0.2, 0.25) is 0 Å². The van der Waals surface area contributed by atoms with Gasteiger partial charge in [0.1, 0.15) is 0 Å². The van der Waals surface area contributed by atoms with Crippen molar-refractivity contribution in [3.8, 4) is 44.5 Å². The molecule has 0 spiro atoms. The van der Waals surface area contributed by atoms with Gasteiger partial charge in [-0.1, -0.05) is 41.5 Å². The van der Waals surface area contributed by atoms with Crippen LogP contribution in [0, 0.1) is 12.1 Å². The molecule has 67 heavy (non-hydrogen) atoms. The van der Waals surface area contributed by atoms with Crippen LogP contribution < -0.4 is 0 Å². The molecule has 0 amide bonds. The van der Waals surface area contributed by atoms with Crippen LogP contribution in [0.4, 0.5) is 0 Å². The van der Waals surface area contributed by atoms with Gasteiger partial charge in [0.15, 0.2) is 0 Å². The molecule has 0 N–H and O–H groups in total. The van der Waals surface area contributed by atoms with Gasteiger partial charge in [-0.15, -0.1) is 0 Å². The molecule has 14 rings (SSSR count). The SMILES string of the molecule is CC(C)(C)c1ccc(-c2ccccc2-c2cc3[c-]c(c2)C2COC4=C5OCC6c7[c-]c(cc(-c8ccccc8-c8ccc(C(C)(C)C)cc8)c7)C7COC8=C9OCC3N9[C](=[Pt]=[C](N42)N56)N87)cc1. The van der Waals surface area contributed by atoms with Gasteiger partial charge >= 0.3 is 350 Å². The molecule has 0 aromatic heterocycles. The Morgan fingerprint density at radius 1 is 0.403 bits per heavy atom. The second-order valence-electron chi connectivity index (χ2n) is 20.9. The van der Waals surface area contributed by atoms with Crippen molar-refractivity contribution in [1.29, 1.82) is 0 Å². The fourth-order valence-corrected chi connectivity index (χ4v) is 15.0. The van der Waals surface area contributed by atoms with E-state index < -0.39 is 17.6 Å². The standard InChI is InChI=1S/C58H50N4O4.Pt/c1-57(2,3)43-19-15-35(16-20-43)45-11-7-9-13-47(45)37-23-39-27-40(24-37)50-30-64-54-56-62(34-60(50)54)52(32-66-56)42-26-38(48-14-10-8-12-46(48)36-17-21-44(22-18-36)58(4,5)6)25-41(28-42)51-31-65-55-53-59(33-61(51)55)49(39)29-63-53;/h7-26,49-52H,29-32H2,1-6H3;/q-2;. The molecule has 4 saturated heterocycles. The average Bonchev–Trinajstić information content (AvgIpc) is 4.19. The molecule has 8 nitrogen and oxygen atoms in total. The Hall–Kier alpha value is -6.37. The molecule has 0 saturated carbocycles. The van der Waals surface area contributed by atoms with E-state index in [1.165, 1.54) is 52.8 Å². The molecule has 4 fully saturated rings. The Morgan fingerprint density at radius 2 is 0.687 bits per heavy atom. The van der Waals surface area contributed by atoms with Crippen LogP contribution in [0.5, 0.6) is 0 Å². The van der Waals surface area contributed by atoms with Gasteiger partial charge in [-0.05, 0) is 10.8 Å². The van der Waals surface area contributed by atoms with E-state index in [-0.39, 0.29) is 35.0 Å². The molecule has 338 valence electrons. The second kappa shape index (κ2) is 14.1. The van der Waals surface area contributed by atoms with E-state index in [1.807, 2.05) is 0 Å². The topological polar surface area (TPSA) is 49.9 Å². The van der Waals surface area contributed by atoms with E-state index >= 15 is 0 Å². The monoisotopic (exact) mass is 1060 g/mol. The minimum absolute atomic E-state index is 0.0751. The summed E-state index contributed by atoms with van der Waals surface area (Å²) in [7, 11) is 0. The molecule has 4 unspecified atom stereocenters. The van der Waals surface area contributed by atoms with Crippen LogP contribution in [-0.2, 0) is 47.4 Å². The zero-order valence-corrected chi connectivity index (χ0v) is 40.7. The van der Waals surface area contributed by atoms with Gasteiger partial charge in [-0.3, -0.25) is 0 Å². The first-order chi connectivity index (χ1) is 32.5. The van der Waals surface area contributed by atoms with Crippen LogP contribution in [0.25, 0.3) is 44.5 Å². The van der Waals surface area contributed by atoms with E-state index in [9.17, 15) is 0 Å². The molecule has 0 radical (unpaired) electrons. The van der Waals surface area contributed by atoms with Crippen LogP contribution in [0.3, 0.4) is 0 Å². The van der Waals surface area contributed by atoms with Gasteiger partial charge in [0.2, 0.25) is 0 Å². The Kier molecular flexibility index (Phi) is 8.36. The van der Waals surface area contributed by atoms with Gasteiger partial charge in [0.05, 0.1) is 0 Å². The second-order valence-corrected chi connectivity index (χ2v) is 23.5. The van der Waals surface area contributed by atoms with Gasteiger partial charge in [-0.2, -0.15) is 0 Å². The van der Waals surface area contributed by atoms with Crippen molar-refractivity contribution in [2.24, 2.45) is 0 Å². The molecular weight excluding hydrogens is 1010 g/mol. The number of benzene rings is 6. The number of ether oxygens (including phenoxy) is 4. The Bertz CT molecular complexity index is 2950. The molecule has 6 bridgehead atoms. The fraction of sp³-hybridized carbons (Fsp3) is 0.276. The maximum atomic E-state index is 6.82. The number of hydrogen-bond acceptors (Lipinski definition) is 8. The Morgan fingerprint density at radius 3 is 0.970 bits per heavy atom. The molecule has 8 aliphatic heterocycles. The summed E-state index contributed by atoms with van der Waals surface area (Å²) in [6.07, 6.45) is 0. The van der Waals surface area contributed by atoms with Crippen molar-refractivity contribution in [2.75, 3.05) is 26.4 Å². The summed E-state index contributed by atoms with van der Waals surface area (Å²) >= 11 is -0.877. The molecular formula is C58H50N4O4Pt-2. The molecule has 0 aliphatic carbocycles. The predicted molar refractivity (Wildman–Crippen MR) is 256 cm³/mol. The third-order valence-corrected chi connectivity index (χ3v) is 17.9. The molecule has 6 aromatic rings. The summed E-state index contributed by atoms with van der Waals surface area (Å²) in [4.78, 5) is 9.84. The van der Waals surface area contributed by atoms with E-state index in [2.05, 4.69) is 195 Å². The van der Waals surface area contributed by atoms with E-state index in [1.54, 1.807) is 0 Å². The first-order valence-corrected chi connectivity index (χ1v) is 25.8. The summed E-state index contributed by atoms with van der Waals surface area (Å²) in [5.74, 6) is 3.21. The van der Waals surface area contributed by atoms with E-state index in [4.69, 9.17) is 18.9 Å². The summed E-state index contributed by atoms with van der Waals surface area (Å²) in [6, 6.07) is 52.9. The van der Waals surface area contributed by atoms with Gasteiger partial charge < -0.3 is 0 Å². The molecule has 8 aliphatic rings. The third-order valence-electron chi connectivity index (χ3n) is 14.7.